The number of carbonyl (C=O) groups is 1. The standard InChI is InChI=1S/C13H29N3O3S.ClH/c1-6-16(7-2)20(18,19)10-13(17)15(5)9-8-12(14)11(3)4;/h11-12H,6-10,14H2,1-5H3;1H. The Hall–Kier alpha value is -0.370. The molecule has 0 aliphatic carbocycles. The summed E-state index contributed by atoms with van der Waals surface area (Å²) in [6, 6.07) is 0.0182. The van der Waals surface area contributed by atoms with Crippen LogP contribution in [-0.4, -0.2) is 62.0 Å². The maximum atomic E-state index is 12.0. The molecule has 0 aliphatic heterocycles. The minimum atomic E-state index is -3.51. The van der Waals surface area contributed by atoms with Crippen molar-refractivity contribution >= 4 is 28.3 Å². The number of nitrogens with zero attached hydrogens (tertiary/aromatic N) is 2. The minimum Gasteiger partial charge on any atom is -0.345 e. The summed E-state index contributed by atoms with van der Waals surface area (Å²) in [5.74, 6) is -0.506. The summed E-state index contributed by atoms with van der Waals surface area (Å²) < 4.78 is 25.3. The minimum absolute atomic E-state index is 0. The van der Waals surface area contributed by atoms with Gasteiger partial charge >= 0.3 is 0 Å². The second-order valence-electron chi connectivity index (χ2n) is 5.35. The SMILES string of the molecule is CCN(CC)S(=O)(=O)CC(=O)N(C)CCC(N)C(C)C.Cl. The molecule has 8 heteroatoms. The number of hydrogen-bond donors (Lipinski definition) is 1. The molecule has 0 aliphatic rings. The van der Waals surface area contributed by atoms with E-state index in [0.717, 1.165) is 0 Å². The van der Waals surface area contributed by atoms with E-state index in [2.05, 4.69) is 0 Å². The van der Waals surface area contributed by atoms with E-state index >= 15 is 0 Å². The maximum absolute atomic E-state index is 12.0. The van der Waals surface area contributed by atoms with E-state index in [9.17, 15) is 13.2 Å². The number of sulfonamides is 1. The second kappa shape index (κ2) is 10.4. The second-order valence-corrected chi connectivity index (χ2v) is 7.32. The molecule has 0 heterocycles. The van der Waals surface area contributed by atoms with Crippen molar-refractivity contribution in [3.63, 3.8) is 0 Å². The molecule has 0 saturated heterocycles. The lowest BCUT2D eigenvalue weighted by Gasteiger charge is -2.23. The zero-order chi connectivity index (χ0) is 15.9. The van der Waals surface area contributed by atoms with Crippen molar-refractivity contribution in [1.29, 1.82) is 0 Å². The lowest BCUT2D eigenvalue weighted by molar-refractivity contribution is -0.127. The Morgan fingerprint density at radius 1 is 1.19 bits per heavy atom. The Morgan fingerprint density at radius 2 is 1.67 bits per heavy atom. The van der Waals surface area contributed by atoms with Gasteiger partial charge < -0.3 is 10.6 Å². The summed E-state index contributed by atoms with van der Waals surface area (Å²) in [6.45, 7) is 8.82. The van der Waals surface area contributed by atoms with Crippen LogP contribution < -0.4 is 5.73 Å². The van der Waals surface area contributed by atoms with E-state index in [1.165, 1.54) is 9.21 Å². The molecule has 0 fully saturated rings. The third-order valence-corrected chi connectivity index (χ3v) is 5.40. The molecule has 2 N–H and O–H groups in total. The van der Waals surface area contributed by atoms with Crippen LogP contribution in [0.15, 0.2) is 0 Å². The zero-order valence-corrected chi connectivity index (χ0v) is 15.3. The summed E-state index contributed by atoms with van der Waals surface area (Å²) in [7, 11) is -1.89. The van der Waals surface area contributed by atoms with Crippen LogP contribution in [0.5, 0.6) is 0 Å². The van der Waals surface area contributed by atoms with Gasteiger partial charge in [0.2, 0.25) is 15.9 Å². The average Bonchev–Trinajstić information content (AvgIpc) is 2.35. The fraction of sp³-hybridized carbons (Fsp3) is 0.923. The average molecular weight is 344 g/mol. The van der Waals surface area contributed by atoms with Gasteiger partial charge in [0.25, 0.3) is 0 Å². The predicted molar refractivity (Wildman–Crippen MR) is 89.0 cm³/mol. The van der Waals surface area contributed by atoms with E-state index in [1.54, 1.807) is 20.9 Å². The Bertz CT molecular complexity index is 397. The molecule has 6 nitrogen and oxygen atoms in total. The summed E-state index contributed by atoms with van der Waals surface area (Å²) >= 11 is 0. The molecule has 0 saturated carbocycles. The fourth-order valence-corrected chi connectivity index (χ4v) is 3.28. The highest BCUT2D eigenvalue weighted by Crippen LogP contribution is 2.06. The van der Waals surface area contributed by atoms with Crippen molar-refractivity contribution in [2.24, 2.45) is 11.7 Å². The van der Waals surface area contributed by atoms with Gasteiger partial charge in [0.15, 0.2) is 0 Å². The maximum Gasteiger partial charge on any atom is 0.238 e. The first-order chi connectivity index (χ1) is 9.15. The Kier molecular flexibility index (Phi) is 11.3. The third kappa shape index (κ3) is 7.99. The number of nitrogens with two attached hydrogens (primary N) is 1. The van der Waals surface area contributed by atoms with Crippen molar-refractivity contribution in [1.82, 2.24) is 9.21 Å². The predicted octanol–water partition coefficient (Wildman–Crippen LogP) is 0.912. The van der Waals surface area contributed by atoms with Gasteiger partial charge in [0.05, 0.1) is 0 Å². The first-order valence-corrected chi connectivity index (χ1v) is 8.73. The first-order valence-electron chi connectivity index (χ1n) is 7.13. The Balaban J connectivity index is 0. The monoisotopic (exact) mass is 343 g/mol. The summed E-state index contributed by atoms with van der Waals surface area (Å²) in [6.07, 6.45) is 0.672. The Labute approximate surface area is 135 Å². The summed E-state index contributed by atoms with van der Waals surface area (Å²) in [5.41, 5.74) is 5.92. The number of rotatable bonds is 9. The van der Waals surface area contributed by atoms with Crippen molar-refractivity contribution in [3.05, 3.63) is 0 Å². The highest BCUT2D eigenvalue weighted by Gasteiger charge is 2.24. The van der Waals surface area contributed by atoms with Crippen LogP contribution in [-0.2, 0) is 14.8 Å². The van der Waals surface area contributed by atoms with Gasteiger partial charge in [-0.3, -0.25) is 4.79 Å². The molecule has 0 aromatic heterocycles. The van der Waals surface area contributed by atoms with E-state index in [-0.39, 0.29) is 24.4 Å². The molecule has 1 atom stereocenters. The molecule has 0 rings (SSSR count). The van der Waals surface area contributed by atoms with Crippen LogP contribution in [0, 0.1) is 5.92 Å². The van der Waals surface area contributed by atoms with Gasteiger partial charge in [-0.1, -0.05) is 27.7 Å². The van der Waals surface area contributed by atoms with Crippen molar-refractivity contribution in [3.8, 4) is 0 Å². The van der Waals surface area contributed by atoms with Gasteiger partial charge in [-0.25, -0.2) is 12.7 Å². The van der Waals surface area contributed by atoms with Crippen molar-refractivity contribution in [2.45, 2.75) is 40.2 Å². The van der Waals surface area contributed by atoms with Crippen LogP contribution in [0.4, 0.5) is 0 Å². The lowest BCUT2D eigenvalue weighted by Crippen LogP contribution is -2.41. The smallest absolute Gasteiger partial charge is 0.238 e. The Morgan fingerprint density at radius 3 is 2.05 bits per heavy atom. The van der Waals surface area contributed by atoms with Crippen LogP contribution in [0.2, 0.25) is 0 Å². The molecule has 1 amide bonds. The molecule has 128 valence electrons. The van der Waals surface area contributed by atoms with E-state index in [4.69, 9.17) is 5.73 Å². The highest BCUT2D eigenvalue weighted by molar-refractivity contribution is 7.89. The van der Waals surface area contributed by atoms with Gasteiger partial charge in [-0.05, 0) is 12.3 Å². The van der Waals surface area contributed by atoms with Crippen molar-refractivity contribution in [2.75, 3.05) is 32.4 Å². The molecule has 0 aromatic carbocycles. The molecule has 0 radical (unpaired) electrons. The number of carbonyl (C=O) groups excluding carboxylic acids is 1. The molecular formula is C13H30ClN3O3S. The zero-order valence-electron chi connectivity index (χ0n) is 13.7. The number of halogens is 1. The topological polar surface area (TPSA) is 83.7 Å². The fourth-order valence-electron chi connectivity index (χ4n) is 1.78. The quantitative estimate of drug-likeness (QED) is 0.674. The molecule has 0 spiro atoms. The largest absolute Gasteiger partial charge is 0.345 e. The normalized spacial score (nSPS) is 13.1. The van der Waals surface area contributed by atoms with E-state index in [1.807, 2.05) is 13.8 Å². The molecule has 0 bridgehead atoms. The van der Waals surface area contributed by atoms with Gasteiger partial charge in [-0.2, -0.15) is 0 Å². The first kappa shape index (κ1) is 22.9. The molecular weight excluding hydrogens is 314 g/mol. The van der Waals surface area contributed by atoms with Gasteiger partial charge in [-0.15, -0.1) is 12.4 Å². The summed E-state index contributed by atoms with van der Waals surface area (Å²) in [5, 5.41) is 0. The van der Waals surface area contributed by atoms with Crippen LogP contribution in [0.1, 0.15) is 34.1 Å². The van der Waals surface area contributed by atoms with Gasteiger partial charge in [0, 0.05) is 32.7 Å². The van der Waals surface area contributed by atoms with E-state index < -0.39 is 15.8 Å². The molecule has 1 unspecified atom stereocenters. The lowest BCUT2D eigenvalue weighted by atomic mass is 10.0. The molecule has 0 aromatic rings. The highest BCUT2D eigenvalue weighted by atomic mass is 35.5. The number of hydrogen-bond acceptors (Lipinski definition) is 4. The van der Waals surface area contributed by atoms with Gasteiger partial charge in [0.1, 0.15) is 5.75 Å². The summed E-state index contributed by atoms with van der Waals surface area (Å²) in [4.78, 5) is 13.4. The van der Waals surface area contributed by atoms with Crippen LogP contribution >= 0.6 is 12.4 Å². The van der Waals surface area contributed by atoms with Crippen LogP contribution in [0.25, 0.3) is 0 Å². The van der Waals surface area contributed by atoms with Crippen LogP contribution in [0.3, 0.4) is 0 Å². The third-order valence-electron chi connectivity index (χ3n) is 3.48. The number of amides is 1. The molecule has 21 heavy (non-hydrogen) atoms. The van der Waals surface area contributed by atoms with E-state index in [0.29, 0.717) is 32.0 Å². The van der Waals surface area contributed by atoms with Crippen molar-refractivity contribution < 1.29 is 13.2 Å².